The van der Waals surface area contributed by atoms with Crippen molar-refractivity contribution in [2.75, 3.05) is 29.5 Å². The number of hydrogen-bond acceptors (Lipinski definition) is 6. The van der Waals surface area contributed by atoms with Crippen LogP contribution in [-0.2, 0) is 9.59 Å². The second kappa shape index (κ2) is 10.5. The molecule has 144 valence electrons. The van der Waals surface area contributed by atoms with Crippen molar-refractivity contribution >= 4 is 45.2 Å². The number of rotatable bonds is 1. The first kappa shape index (κ1) is 20.6. The van der Waals surface area contributed by atoms with E-state index in [0.717, 1.165) is 37.0 Å². The summed E-state index contributed by atoms with van der Waals surface area (Å²) in [5.41, 5.74) is 10.8. The fraction of sp³-hybridized carbons (Fsp3) is 0.333. The number of nitrogen functional groups attached to an aromatic ring is 2. The van der Waals surface area contributed by atoms with Crippen LogP contribution in [0.25, 0.3) is 0 Å². The van der Waals surface area contributed by atoms with E-state index in [4.69, 9.17) is 11.5 Å². The summed E-state index contributed by atoms with van der Waals surface area (Å²) in [6.07, 6.45) is 3.30. The van der Waals surface area contributed by atoms with E-state index < -0.39 is 0 Å². The zero-order chi connectivity index (χ0) is 19.6. The minimum Gasteiger partial charge on any atom is -0.384 e. The van der Waals surface area contributed by atoms with Gasteiger partial charge in [-0.15, -0.1) is 0 Å². The van der Waals surface area contributed by atoms with Crippen LogP contribution in [-0.4, -0.2) is 34.9 Å². The number of anilines is 3. The summed E-state index contributed by atoms with van der Waals surface area (Å²) in [6.45, 7) is 1.65. The van der Waals surface area contributed by atoms with E-state index in [9.17, 15) is 9.59 Å². The van der Waals surface area contributed by atoms with Gasteiger partial charge in [0.15, 0.2) is 0 Å². The van der Waals surface area contributed by atoms with Crippen molar-refractivity contribution in [3.63, 3.8) is 0 Å². The Morgan fingerprint density at radius 1 is 0.963 bits per heavy atom. The number of nitrogens with one attached hydrogen (secondary N) is 1. The molecule has 0 aliphatic carbocycles. The minimum absolute atomic E-state index is 0.137. The Morgan fingerprint density at radius 3 is 2.07 bits per heavy atom. The molecule has 0 saturated carbocycles. The molecule has 9 heteroatoms. The Balaban J connectivity index is 0.000000159. The average Bonchev–Trinajstić information content (AvgIpc) is 3.27. The number of pyridine rings is 2. The highest BCUT2D eigenvalue weighted by Gasteiger charge is 2.22. The van der Waals surface area contributed by atoms with Crippen molar-refractivity contribution in [2.45, 2.75) is 25.7 Å². The third kappa shape index (κ3) is 7.22. The second-order valence-corrected chi connectivity index (χ2v) is 6.72. The van der Waals surface area contributed by atoms with E-state index in [1.165, 1.54) is 0 Å². The molecule has 27 heavy (non-hydrogen) atoms. The molecule has 2 saturated heterocycles. The van der Waals surface area contributed by atoms with Crippen molar-refractivity contribution in [2.24, 2.45) is 0 Å². The van der Waals surface area contributed by atoms with E-state index in [1.807, 2.05) is 18.2 Å². The Labute approximate surface area is 166 Å². The zero-order valence-electron chi connectivity index (χ0n) is 14.9. The normalized spacial score (nSPS) is 15.4. The van der Waals surface area contributed by atoms with E-state index in [0.29, 0.717) is 23.9 Å². The SMILES string of the molecule is Nc1cccc(Br)n1.Nc1cccc(N2CCCC2=O)n1.O=C1CCCN1. The van der Waals surface area contributed by atoms with Crippen molar-refractivity contribution < 1.29 is 9.59 Å². The minimum atomic E-state index is 0.137. The second-order valence-electron chi connectivity index (χ2n) is 5.91. The summed E-state index contributed by atoms with van der Waals surface area (Å²) in [5.74, 6) is 2.01. The maximum atomic E-state index is 11.3. The third-order valence-corrected chi connectivity index (χ3v) is 4.19. The summed E-state index contributed by atoms with van der Waals surface area (Å²) >= 11 is 3.17. The van der Waals surface area contributed by atoms with Gasteiger partial charge in [-0.3, -0.25) is 14.5 Å². The van der Waals surface area contributed by atoms with Gasteiger partial charge in [0, 0.05) is 25.9 Å². The van der Waals surface area contributed by atoms with Gasteiger partial charge in [-0.05, 0) is 53.0 Å². The molecule has 2 aliphatic heterocycles. The number of amides is 2. The van der Waals surface area contributed by atoms with Gasteiger partial charge < -0.3 is 16.8 Å². The maximum Gasteiger partial charge on any atom is 0.228 e. The van der Waals surface area contributed by atoms with Gasteiger partial charge in [-0.25, -0.2) is 9.97 Å². The predicted octanol–water partition coefficient (Wildman–Crippen LogP) is 2.11. The number of nitrogens with zero attached hydrogens (tertiary/aromatic N) is 3. The first-order valence-corrected chi connectivity index (χ1v) is 9.42. The molecule has 2 amide bonds. The number of nitrogens with two attached hydrogens (primary N) is 2. The smallest absolute Gasteiger partial charge is 0.228 e. The first-order valence-electron chi connectivity index (χ1n) is 8.63. The monoisotopic (exact) mass is 434 g/mol. The van der Waals surface area contributed by atoms with Crippen molar-refractivity contribution in [3.05, 3.63) is 41.0 Å². The van der Waals surface area contributed by atoms with E-state index in [-0.39, 0.29) is 11.8 Å². The van der Waals surface area contributed by atoms with Crippen LogP contribution in [0.15, 0.2) is 41.0 Å². The van der Waals surface area contributed by atoms with Gasteiger partial charge in [0.25, 0.3) is 0 Å². The number of carbonyl (C=O) groups is 2. The topological polar surface area (TPSA) is 127 Å². The number of hydrogen-bond donors (Lipinski definition) is 3. The molecule has 4 heterocycles. The highest BCUT2D eigenvalue weighted by atomic mass is 79.9. The maximum absolute atomic E-state index is 11.3. The van der Waals surface area contributed by atoms with Crippen LogP contribution in [0, 0.1) is 0 Å². The Bertz CT molecular complexity index is 761. The summed E-state index contributed by atoms with van der Waals surface area (Å²) in [4.78, 5) is 31.1. The van der Waals surface area contributed by atoms with Crippen LogP contribution >= 0.6 is 15.9 Å². The lowest BCUT2D eigenvalue weighted by molar-refractivity contribution is -0.119. The summed E-state index contributed by atoms with van der Waals surface area (Å²) in [7, 11) is 0. The van der Waals surface area contributed by atoms with E-state index in [2.05, 4.69) is 31.2 Å². The van der Waals surface area contributed by atoms with Gasteiger partial charge in [0.2, 0.25) is 11.8 Å². The number of carbonyl (C=O) groups excluding carboxylic acids is 2. The fourth-order valence-electron chi connectivity index (χ4n) is 2.47. The van der Waals surface area contributed by atoms with Crippen LogP contribution in [0.3, 0.4) is 0 Å². The molecule has 5 N–H and O–H groups in total. The van der Waals surface area contributed by atoms with Gasteiger partial charge >= 0.3 is 0 Å². The quantitative estimate of drug-likeness (QED) is 0.589. The molecule has 0 radical (unpaired) electrons. The molecule has 2 aliphatic rings. The van der Waals surface area contributed by atoms with Gasteiger partial charge in [0.05, 0.1) is 0 Å². The molecule has 2 fully saturated rings. The lowest BCUT2D eigenvalue weighted by Gasteiger charge is -2.13. The van der Waals surface area contributed by atoms with Crippen molar-refractivity contribution in [1.29, 1.82) is 0 Å². The molecule has 0 aromatic carbocycles. The Hall–Kier alpha value is -2.68. The Kier molecular flexibility index (Phi) is 8.00. The number of halogens is 1. The molecule has 2 aromatic heterocycles. The largest absolute Gasteiger partial charge is 0.384 e. The average molecular weight is 435 g/mol. The first-order chi connectivity index (χ1) is 13.0. The van der Waals surface area contributed by atoms with E-state index >= 15 is 0 Å². The molecular weight excluding hydrogens is 412 g/mol. The number of aromatic nitrogens is 2. The molecule has 0 spiro atoms. The van der Waals surface area contributed by atoms with Crippen LogP contribution in [0.4, 0.5) is 17.5 Å². The molecule has 4 rings (SSSR count). The lowest BCUT2D eigenvalue weighted by atomic mass is 10.4. The molecule has 0 unspecified atom stereocenters. The van der Waals surface area contributed by atoms with Crippen LogP contribution in [0.5, 0.6) is 0 Å². The molecule has 8 nitrogen and oxygen atoms in total. The van der Waals surface area contributed by atoms with Gasteiger partial charge in [0.1, 0.15) is 22.1 Å². The van der Waals surface area contributed by atoms with Gasteiger partial charge in [-0.2, -0.15) is 0 Å². The zero-order valence-corrected chi connectivity index (χ0v) is 16.5. The van der Waals surface area contributed by atoms with Gasteiger partial charge in [-0.1, -0.05) is 12.1 Å². The fourth-order valence-corrected chi connectivity index (χ4v) is 2.83. The van der Waals surface area contributed by atoms with Crippen LogP contribution in [0.2, 0.25) is 0 Å². The van der Waals surface area contributed by atoms with Crippen molar-refractivity contribution in [3.8, 4) is 0 Å². The molecular formula is C18H23BrN6O2. The van der Waals surface area contributed by atoms with Crippen LogP contribution < -0.4 is 21.7 Å². The standard InChI is InChI=1S/C9H11N3O.C5H5BrN2.C4H7NO/c10-7-3-1-4-8(11-7)12-6-2-5-9(12)13;6-4-2-1-3-5(7)8-4;6-4-2-1-3-5-4/h1,3-4H,2,5-6H2,(H2,10,11);1-3H,(H2,7,8);1-3H2,(H,5,6). The molecule has 2 aromatic rings. The molecule has 0 bridgehead atoms. The predicted molar refractivity (Wildman–Crippen MR) is 109 cm³/mol. The summed E-state index contributed by atoms with van der Waals surface area (Å²) in [6, 6.07) is 10.7. The van der Waals surface area contributed by atoms with Crippen LogP contribution in [0.1, 0.15) is 25.7 Å². The highest BCUT2D eigenvalue weighted by Crippen LogP contribution is 2.19. The Morgan fingerprint density at radius 2 is 1.67 bits per heavy atom. The van der Waals surface area contributed by atoms with Crippen molar-refractivity contribution in [1.82, 2.24) is 15.3 Å². The van der Waals surface area contributed by atoms with E-state index in [1.54, 1.807) is 23.1 Å². The summed E-state index contributed by atoms with van der Waals surface area (Å²) < 4.78 is 0.775. The lowest BCUT2D eigenvalue weighted by Crippen LogP contribution is -2.24. The highest BCUT2D eigenvalue weighted by molar-refractivity contribution is 9.10. The third-order valence-electron chi connectivity index (χ3n) is 3.75. The molecule has 0 atom stereocenters. The summed E-state index contributed by atoms with van der Waals surface area (Å²) in [5, 5.41) is 2.68.